The summed E-state index contributed by atoms with van der Waals surface area (Å²) in [5.74, 6) is 0.526. The molecule has 1 atom stereocenters. The van der Waals surface area contributed by atoms with Gasteiger partial charge in [-0.3, -0.25) is 4.79 Å². The van der Waals surface area contributed by atoms with Crippen molar-refractivity contribution in [1.82, 2.24) is 24.6 Å². The normalized spacial score (nSPS) is 18.7. The zero-order chi connectivity index (χ0) is 21.1. The summed E-state index contributed by atoms with van der Waals surface area (Å²) >= 11 is 0. The van der Waals surface area contributed by atoms with E-state index >= 15 is 0 Å². The van der Waals surface area contributed by atoms with Gasteiger partial charge >= 0.3 is 6.55 Å². The van der Waals surface area contributed by atoms with Crippen LogP contribution < -0.4 is 0 Å². The molecule has 6 rings (SSSR count). The summed E-state index contributed by atoms with van der Waals surface area (Å²) in [7, 11) is 0. The molecule has 1 aromatic carbocycles. The quantitative estimate of drug-likeness (QED) is 0.527. The lowest BCUT2D eigenvalue weighted by molar-refractivity contribution is 0.0436. The number of aromatic nitrogens is 4. The lowest BCUT2D eigenvalue weighted by Crippen LogP contribution is -2.41. The van der Waals surface area contributed by atoms with E-state index in [-0.39, 0.29) is 5.69 Å². The predicted molar refractivity (Wildman–Crippen MR) is 107 cm³/mol. The molecule has 0 saturated heterocycles. The van der Waals surface area contributed by atoms with Crippen LogP contribution in [0, 0.1) is 0 Å². The van der Waals surface area contributed by atoms with Gasteiger partial charge in [0, 0.05) is 35.8 Å². The number of para-hydroxylation sites is 1. The summed E-state index contributed by atoms with van der Waals surface area (Å²) in [6.07, 6.45) is 5.49. The second-order valence-corrected chi connectivity index (χ2v) is 8.01. The van der Waals surface area contributed by atoms with Crippen molar-refractivity contribution in [2.24, 2.45) is 0 Å². The number of hydrogen-bond donors (Lipinski definition) is 1. The molecule has 9 heteroatoms. The Balaban J connectivity index is 1.53. The third-order valence-corrected chi connectivity index (χ3v) is 6.16. The molecule has 7 nitrogen and oxygen atoms in total. The molecule has 158 valence electrons. The van der Waals surface area contributed by atoms with E-state index in [0.717, 1.165) is 35.1 Å². The number of fused-ring (bicyclic) bond motifs is 2. The number of rotatable bonds is 4. The third kappa shape index (κ3) is 2.79. The topological polar surface area (TPSA) is 80.0 Å². The van der Waals surface area contributed by atoms with E-state index in [1.54, 1.807) is 11.2 Å². The Hall–Kier alpha value is -3.49. The van der Waals surface area contributed by atoms with E-state index in [1.165, 1.54) is 12.3 Å². The second-order valence-electron chi connectivity index (χ2n) is 8.01. The van der Waals surface area contributed by atoms with Gasteiger partial charge in [-0.1, -0.05) is 18.2 Å². The lowest BCUT2D eigenvalue weighted by Gasteiger charge is -2.34. The van der Waals surface area contributed by atoms with Gasteiger partial charge in [-0.25, -0.2) is 4.98 Å². The molecule has 1 fully saturated rings. The number of aromatic amines is 1. The molecular weight excluding hydrogens is 404 g/mol. The first-order valence-corrected chi connectivity index (χ1v) is 10.3. The molecule has 1 N–H and O–H groups in total. The number of nitrogens with zero attached hydrogens (tertiary/aromatic N) is 4. The molecule has 1 aliphatic carbocycles. The Morgan fingerprint density at radius 2 is 2.06 bits per heavy atom. The highest BCUT2D eigenvalue weighted by molar-refractivity contribution is 5.93. The predicted octanol–water partition coefficient (Wildman–Crippen LogP) is 4.41. The fraction of sp³-hybridized carbons (Fsp3) is 0.318. The Labute approximate surface area is 175 Å². The van der Waals surface area contributed by atoms with Gasteiger partial charge < -0.3 is 14.3 Å². The maximum atomic E-state index is 13.5. The summed E-state index contributed by atoms with van der Waals surface area (Å²) in [4.78, 5) is 22.7. The molecule has 2 aliphatic rings. The van der Waals surface area contributed by atoms with E-state index in [1.807, 2.05) is 24.3 Å². The highest BCUT2D eigenvalue weighted by atomic mass is 19.3. The lowest BCUT2D eigenvalue weighted by atomic mass is 9.95. The van der Waals surface area contributed by atoms with E-state index < -0.39 is 18.5 Å². The first-order valence-electron chi connectivity index (χ1n) is 10.3. The SMILES string of the molecule is O=C(c1ccnn1C(F)F)N1CCc2[nH]cnc2[C@@H]1c1oc2ccccc2c1C1CC1. The fourth-order valence-corrected chi connectivity index (χ4v) is 4.63. The van der Waals surface area contributed by atoms with Crippen molar-refractivity contribution in [1.29, 1.82) is 0 Å². The number of imidazole rings is 1. The van der Waals surface area contributed by atoms with Crippen LogP contribution in [-0.4, -0.2) is 37.1 Å². The number of carbonyl (C=O) groups excluding carboxylic acids is 1. The van der Waals surface area contributed by atoms with Crippen LogP contribution in [0.3, 0.4) is 0 Å². The molecule has 0 radical (unpaired) electrons. The van der Waals surface area contributed by atoms with Crippen LogP contribution in [0.5, 0.6) is 0 Å². The maximum Gasteiger partial charge on any atom is 0.333 e. The number of hydrogen-bond acceptors (Lipinski definition) is 4. The van der Waals surface area contributed by atoms with Gasteiger partial charge in [-0.05, 0) is 30.9 Å². The molecule has 0 bridgehead atoms. The van der Waals surface area contributed by atoms with Crippen LogP contribution in [0.25, 0.3) is 11.0 Å². The fourth-order valence-electron chi connectivity index (χ4n) is 4.63. The third-order valence-electron chi connectivity index (χ3n) is 6.16. The van der Waals surface area contributed by atoms with Crippen molar-refractivity contribution in [3.63, 3.8) is 0 Å². The van der Waals surface area contributed by atoms with Crippen LogP contribution >= 0.6 is 0 Å². The Kier molecular flexibility index (Phi) is 3.99. The van der Waals surface area contributed by atoms with Gasteiger partial charge in [0.15, 0.2) is 0 Å². The van der Waals surface area contributed by atoms with Crippen molar-refractivity contribution >= 4 is 16.9 Å². The van der Waals surface area contributed by atoms with Gasteiger partial charge in [-0.2, -0.15) is 18.6 Å². The van der Waals surface area contributed by atoms with Gasteiger partial charge in [-0.15, -0.1) is 0 Å². The summed E-state index contributed by atoms with van der Waals surface area (Å²) in [5.41, 5.74) is 3.33. The average Bonchev–Trinajstić information content (AvgIpc) is 3.20. The summed E-state index contributed by atoms with van der Waals surface area (Å²) in [6, 6.07) is 8.56. The smallest absolute Gasteiger partial charge is 0.333 e. The Morgan fingerprint density at radius 1 is 1.23 bits per heavy atom. The molecule has 4 heterocycles. The Morgan fingerprint density at radius 3 is 2.87 bits per heavy atom. The minimum absolute atomic E-state index is 0.150. The standard InChI is InChI=1S/C22H19F2N5O2/c23-22(24)29-15(7-9-27-29)21(30)28-10-8-14-18(26-11-25-14)19(28)20-17(12-5-6-12)13-3-1-2-4-16(13)31-20/h1-4,7,9,11-12,19,22H,5-6,8,10H2,(H,25,26)/t19-/m1/s1. The van der Waals surface area contributed by atoms with E-state index in [2.05, 4.69) is 15.1 Å². The molecule has 1 aliphatic heterocycles. The minimum atomic E-state index is -2.90. The van der Waals surface area contributed by atoms with E-state index in [4.69, 9.17) is 4.42 Å². The van der Waals surface area contributed by atoms with Crippen LogP contribution in [0.4, 0.5) is 8.78 Å². The first kappa shape index (κ1) is 18.3. The first-order chi connectivity index (χ1) is 15.1. The minimum Gasteiger partial charge on any atom is -0.458 e. The highest BCUT2D eigenvalue weighted by Crippen LogP contribution is 2.50. The summed E-state index contributed by atoms with van der Waals surface area (Å²) in [5, 5.41) is 4.66. The molecule has 0 unspecified atom stereocenters. The van der Waals surface area contributed by atoms with Crippen molar-refractivity contribution in [2.75, 3.05) is 6.54 Å². The number of amides is 1. The van der Waals surface area contributed by atoms with E-state index in [0.29, 0.717) is 35.0 Å². The molecule has 1 saturated carbocycles. The number of nitrogens with one attached hydrogen (secondary N) is 1. The number of alkyl halides is 2. The van der Waals surface area contributed by atoms with Crippen molar-refractivity contribution in [3.05, 3.63) is 71.3 Å². The summed E-state index contributed by atoms with van der Waals surface area (Å²) < 4.78 is 33.6. The Bertz CT molecular complexity index is 1290. The number of benzene rings is 1. The van der Waals surface area contributed by atoms with Crippen LogP contribution in [0.15, 0.2) is 47.3 Å². The maximum absolute atomic E-state index is 13.5. The van der Waals surface area contributed by atoms with Gasteiger partial charge in [0.05, 0.1) is 12.0 Å². The number of H-pyrrole nitrogens is 1. The molecule has 3 aromatic heterocycles. The van der Waals surface area contributed by atoms with Gasteiger partial charge in [0.1, 0.15) is 23.1 Å². The average molecular weight is 423 g/mol. The van der Waals surface area contributed by atoms with Crippen molar-refractivity contribution in [2.45, 2.75) is 37.8 Å². The molecule has 1 amide bonds. The van der Waals surface area contributed by atoms with E-state index in [9.17, 15) is 13.6 Å². The van der Waals surface area contributed by atoms with Crippen molar-refractivity contribution < 1.29 is 18.0 Å². The second kappa shape index (κ2) is 6.76. The molecule has 0 spiro atoms. The largest absolute Gasteiger partial charge is 0.458 e. The summed E-state index contributed by atoms with van der Waals surface area (Å²) in [6.45, 7) is -2.54. The molecule has 31 heavy (non-hydrogen) atoms. The number of furan rings is 1. The molecular formula is C22H19F2N5O2. The monoisotopic (exact) mass is 423 g/mol. The van der Waals surface area contributed by atoms with Crippen LogP contribution in [0.1, 0.15) is 64.6 Å². The zero-order valence-corrected chi connectivity index (χ0v) is 16.5. The number of halogens is 2. The highest BCUT2D eigenvalue weighted by Gasteiger charge is 2.42. The van der Waals surface area contributed by atoms with Crippen LogP contribution in [0.2, 0.25) is 0 Å². The molecule has 4 aromatic rings. The van der Waals surface area contributed by atoms with Crippen LogP contribution in [-0.2, 0) is 6.42 Å². The van der Waals surface area contributed by atoms with Crippen molar-refractivity contribution in [3.8, 4) is 0 Å². The van der Waals surface area contributed by atoms with Gasteiger partial charge in [0.2, 0.25) is 0 Å². The number of carbonyl (C=O) groups is 1. The zero-order valence-electron chi connectivity index (χ0n) is 16.5. The van der Waals surface area contributed by atoms with Gasteiger partial charge in [0.25, 0.3) is 5.91 Å².